The molecule has 2 aromatic rings. The molecule has 1 aromatic carbocycles. The van der Waals surface area contributed by atoms with Gasteiger partial charge in [-0.05, 0) is 36.2 Å². The number of nitrogens with zero attached hydrogens (tertiary/aromatic N) is 1. The molecule has 0 aliphatic heterocycles. The van der Waals surface area contributed by atoms with Crippen LogP contribution < -0.4 is 5.32 Å². The van der Waals surface area contributed by atoms with Gasteiger partial charge in [0.05, 0.1) is 5.69 Å². The summed E-state index contributed by atoms with van der Waals surface area (Å²) < 4.78 is 26.4. The first-order valence-corrected chi connectivity index (χ1v) is 6.28. The van der Waals surface area contributed by atoms with Crippen molar-refractivity contribution in [1.29, 1.82) is 0 Å². The molecule has 0 spiro atoms. The lowest BCUT2D eigenvalue weighted by Crippen LogP contribution is -2.16. The smallest absolute Gasteiger partial charge is 0.127 e. The highest BCUT2D eigenvalue weighted by molar-refractivity contribution is 5.21. The van der Waals surface area contributed by atoms with Gasteiger partial charge < -0.3 is 5.32 Å². The second-order valence-electron chi connectivity index (χ2n) is 4.30. The van der Waals surface area contributed by atoms with Gasteiger partial charge in [0.15, 0.2) is 0 Å². The van der Waals surface area contributed by atoms with E-state index in [0.29, 0.717) is 12.1 Å². The van der Waals surface area contributed by atoms with Gasteiger partial charge in [-0.3, -0.25) is 4.98 Å². The van der Waals surface area contributed by atoms with Crippen molar-refractivity contribution < 1.29 is 8.78 Å². The zero-order valence-electron chi connectivity index (χ0n) is 10.8. The van der Waals surface area contributed by atoms with Crippen molar-refractivity contribution >= 4 is 0 Å². The van der Waals surface area contributed by atoms with Gasteiger partial charge in [0.1, 0.15) is 11.6 Å². The zero-order valence-corrected chi connectivity index (χ0v) is 10.8. The van der Waals surface area contributed by atoms with Crippen LogP contribution in [0.25, 0.3) is 0 Å². The van der Waals surface area contributed by atoms with Gasteiger partial charge in [-0.15, -0.1) is 0 Å². The number of aryl methyl sites for hydroxylation is 1. The van der Waals surface area contributed by atoms with E-state index in [2.05, 4.69) is 17.2 Å². The van der Waals surface area contributed by atoms with E-state index in [1.165, 1.54) is 6.07 Å². The molecule has 2 rings (SSSR count). The number of benzene rings is 1. The van der Waals surface area contributed by atoms with Crippen molar-refractivity contribution in [2.45, 2.75) is 26.4 Å². The van der Waals surface area contributed by atoms with Crippen LogP contribution in [0.3, 0.4) is 0 Å². The standard InChI is InChI=1S/C15H16F2N2/c1-2-11-4-3-7-19-15(11)10-18-9-12-8-13(16)5-6-14(12)17/h3-8,18H,2,9-10H2,1H3. The van der Waals surface area contributed by atoms with Crippen molar-refractivity contribution in [3.8, 4) is 0 Å². The van der Waals surface area contributed by atoms with E-state index in [0.717, 1.165) is 29.8 Å². The van der Waals surface area contributed by atoms with E-state index >= 15 is 0 Å². The molecular formula is C15H16F2N2. The number of aromatic nitrogens is 1. The van der Waals surface area contributed by atoms with Gasteiger partial charge in [0.25, 0.3) is 0 Å². The number of rotatable bonds is 5. The number of hydrogen-bond donors (Lipinski definition) is 1. The number of hydrogen-bond acceptors (Lipinski definition) is 2. The summed E-state index contributed by atoms with van der Waals surface area (Å²) in [4.78, 5) is 4.29. The minimum atomic E-state index is -0.426. The fourth-order valence-electron chi connectivity index (χ4n) is 1.95. The molecule has 0 unspecified atom stereocenters. The fraction of sp³-hybridized carbons (Fsp3) is 0.267. The third kappa shape index (κ3) is 3.58. The molecule has 19 heavy (non-hydrogen) atoms. The Morgan fingerprint density at radius 2 is 1.95 bits per heavy atom. The summed E-state index contributed by atoms with van der Waals surface area (Å²) in [7, 11) is 0. The average molecular weight is 262 g/mol. The Hall–Kier alpha value is -1.81. The first kappa shape index (κ1) is 13.6. The average Bonchev–Trinajstić information content (AvgIpc) is 2.43. The summed E-state index contributed by atoms with van der Waals surface area (Å²) in [6.45, 7) is 2.88. The summed E-state index contributed by atoms with van der Waals surface area (Å²) >= 11 is 0. The molecule has 0 atom stereocenters. The Bertz CT molecular complexity index is 556. The van der Waals surface area contributed by atoms with Gasteiger partial charge >= 0.3 is 0 Å². The van der Waals surface area contributed by atoms with Crippen molar-refractivity contribution in [2.24, 2.45) is 0 Å². The molecule has 0 saturated carbocycles. The minimum Gasteiger partial charge on any atom is -0.307 e. The van der Waals surface area contributed by atoms with E-state index in [1.807, 2.05) is 12.1 Å². The second kappa shape index (κ2) is 6.38. The second-order valence-corrected chi connectivity index (χ2v) is 4.30. The van der Waals surface area contributed by atoms with Crippen molar-refractivity contribution in [3.05, 3.63) is 65.0 Å². The molecule has 0 bridgehead atoms. The number of halogens is 2. The maximum absolute atomic E-state index is 13.4. The molecule has 1 N–H and O–H groups in total. The molecule has 0 fully saturated rings. The maximum Gasteiger partial charge on any atom is 0.127 e. The van der Waals surface area contributed by atoms with Crippen molar-refractivity contribution in [1.82, 2.24) is 10.3 Å². The van der Waals surface area contributed by atoms with Crippen LogP contribution in [0.15, 0.2) is 36.5 Å². The molecule has 0 saturated heterocycles. The van der Waals surface area contributed by atoms with Gasteiger partial charge in [-0.2, -0.15) is 0 Å². The van der Waals surface area contributed by atoms with Gasteiger partial charge in [0, 0.05) is 24.8 Å². The maximum atomic E-state index is 13.4. The van der Waals surface area contributed by atoms with Gasteiger partial charge in [0.2, 0.25) is 0 Å². The van der Waals surface area contributed by atoms with Crippen LogP contribution in [0, 0.1) is 11.6 Å². The van der Waals surface area contributed by atoms with Crippen LogP contribution in [0.2, 0.25) is 0 Å². The summed E-state index contributed by atoms with van der Waals surface area (Å²) in [5.41, 5.74) is 2.44. The molecule has 0 aliphatic carbocycles. The Balaban J connectivity index is 1.98. The van der Waals surface area contributed by atoms with Gasteiger partial charge in [-0.1, -0.05) is 13.0 Å². The summed E-state index contributed by atoms with van der Waals surface area (Å²) in [5.74, 6) is -0.823. The lowest BCUT2D eigenvalue weighted by Gasteiger charge is -2.09. The summed E-state index contributed by atoms with van der Waals surface area (Å²) in [6.07, 6.45) is 2.64. The van der Waals surface area contributed by atoms with Crippen LogP contribution in [0.4, 0.5) is 8.78 Å². The monoisotopic (exact) mass is 262 g/mol. The molecule has 4 heteroatoms. The number of pyridine rings is 1. The highest BCUT2D eigenvalue weighted by Crippen LogP contribution is 2.10. The zero-order chi connectivity index (χ0) is 13.7. The fourth-order valence-corrected chi connectivity index (χ4v) is 1.95. The molecule has 0 amide bonds. The molecule has 0 radical (unpaired) electrons. The lowest BCUT2D eigenvalue weighted by molar-refractivity contribution is 0.566. The first-order chi connectivity index (χ1) is 9.20. The van der Waals surface area contributed by atoms with Crippen LogP contribution in [-0.4, -0.2) is 4.98 Å². The SMILES string of the molecule is CCc1cccnc1CNCc1cc(F)ccc1F. The first-order valence-electron chi connectivity index (χ1n) is 6.28. The van der Waals surface area contributed by atoms with E-state index in [9.17, 15) is 8.78 Å². The van der Waals surface area contributed by atoms with E-state index in [1.54, 1.807) is 6.20 Å². The van der Waals surface area contributed by atoms with E-state index < -0.39 is 11.6 Å². The summed E-state index contributed by atoms with van der Waals surface area (Å²) in [5, 5.41) is 3.09. The Labute approximate surface area is 111 Å². The van der Waals surface area contributed by atoms with Crippen molar-refractivity contribution in [2.75, 3.05) is 0 Å². The largest absolute Gasteiger partial charge is 0.307 e. The Morgan fingerprint density at radius 3 is 2.74 bits per heavy atom. The van der Waals surface area contributed by atoms with Crippen LogP contribution in [0.5, 0.6) is 0 Å². The predicted molar refractivity (Wildman–Crippen MR) is 70.5 cm³/mol. The highest BCUT2D eigenvalue weighted by Gasteiger charge is 2.05. The predicted octanol–water partition coefficient (Wildman–Crippen LogP) is 3.21. The molecule has 100 valence electrons. The Kier molecular flexibility index (Phi) is 4.58. The van der Waals surface area contributed by atoms with Crippen LogP contribution >= 0.6 is 0 Å². The minimum absolute atomic E-state index is 0.281. The third-order valence-electron chi connectivity index (χ3n) is 2.98. The molecule has 2 nitrogen and oxygen atoms in total. The molecule has 0 aliphatic rings. The third-order valence-corrected chi connectivity index (χ3v) is 2.98. The van der Waals surface area contributed by atoms with Crippen LogP contribution in [0.1, 0.15) is 23.7 Å². The summed E-state index contributed by atoms with van der Waals surface area (Å²) in [6, 6.07) is 7.39. The van der Waals surface area contributed by atoms with E-state index in [4.69, 9.17) is 0 Å². The van der Waals surface area contributed by atoms with E-state index in [-0.39, 0.29) is 6.54 Å². The van der Waals surface area contributed by atoms with Gasteiger partial charge in [-0.25, -0.2) is 8.78 Å². The van der Waals surface area contributed by atoms with Crippen LogP contribution in [-0.2, 0) is 19.5 Å². The molecule has 1 heterocycles. The normalized spacial score (nSPS) is 10.7. The molecular weight excluding hydrogens is 246 g/mol. The number of nitrogens with one attached hydrogen (secondary N) is 1. The van der Waals surface area contributed by atoms with Crippen molar-refractivity contribution in [3.63, 3.8) is 0 Å². The lowest BCUT2D eigenvalue weighted by atomic mass is 10.1. The molecule has 1 aromatic heterocycles. The highest BCUT2D eigenvalue weighted by atomic mass is 19.1. The topological polar surface area (TPSA) is 24.9 Å². The Morgan fingerprint density at radius 1 is 1.11 bits per heavy atom. The quantitative estimate of drug-likeness (QED) is 0.895.